The summed E-state index contributed by atoms with van der Waals surface area (Å²) in [6, 6.07) is 10.3. The summed E-state index contributed by atoms with van der Waals surface area (Å²) in [7, 11) is 0. The zero-order valence-electron chi connectivity index (χ0n) is 14.4. The van der Waals surface area contributed by atoms with E-state index in [1.54, 1.807) is 35.9 Å². The van der Waals surface area contributed by atoms with Crippen LogP contribution in [0.25, 0.3) is 21.6 Å². The van der Waals surface area contributed by atoms with Crippen LogP contribution in [0.5, 0.6) is 0 Å². The van der Waals surface area contributed by atoms with Crippen molar-refractivity contribution in [1.82, 2.24) is 15.0 Å². The largest absolute Gasteiger partial charge is 0.365 e. The first kappa shape index (κ1) is 17.0. The van der Waals surface area contributed by atoms with Gasteiger partial charge in [0.1, 0.15) is 10.6 Å². The Morgan fingerprint density at radius 2 is 2.00 bits per heavy atom. The van der Waals surface area contributed by atoms with Crippen LogP contribution < -0.4 is 5.32 Å². The van der Waals surface area contributed by atoms with Crippen molar-refractivity contribution in [3.8, 4) is 11.4 Å². The Balaban J connectivity index is 1.71. The van der Waals surface area contributed by atoms with E-state index in [-0.39, 0.29) is 5.69 Å². The summed E-state index contributed by atoms with van der Waals surface area (Å²) >= 11 is 1.57. The van der Waals surface area contributed by atoms with Gasteiger partial charge in [-0.25, -0.2) is 9.97 Å². The van der Waals surface area contributed by atoms with E-state index in [9.17, 15) is 10.1 Å². The number of aryl methyl sites for hydroxylation is 1. The molecule has 0 saturated heterocycles. The summed E-state index contributed by atoms with van der Waals surface area (Å²) in [5.41, 5.74) is 2.87. The van der Waals surface area contributed by atoms with Crippen LogP contribution in [-0.4, -0.2) is 19.9 Å². The number of fused-ring (bicyclic) bond motifs is 1. The van der Waals surface area contributed by atoms with Gasteiger partial charge in [-0.05, 0) is 35.6 Å². The zero-order chi connectivity index (χ0) is 18.8. The van der Waals surface area contributed by atoms with Gasteiger partial charge in [0.25, 0.3) is 5.69 Å². The van der Waals surface area contributed by atoms with E-state index < -0.39 is 4.92 Å². The molecular weight excluding hydrogens is 362 g/mol. The van der Waals surface area contributed by atoms with E-state index in [2.05, 4.69) is 15.3 Å². The Morgan fingerprint density at radius 3 is 2.78 bits per heavy atom. The molecule has 0 aliphatic carbocycles. The molecule has 0 aliphatic rings. The van der Waals surface area contributed by atoms with Gasteiger partial charge >= 0.3 is 0 Å². The number of anilines is 1. The number of nitro benzene ring substituents is 1. The van der Waals surface area contributed by atoms with Crippen molar-refractivity contribution in [3.63, 3.8) is 0 Å². The number of non-ortho nitro benzene ring substituents is 1. The number of nitro groups is 1. The SMILES string of the molecule is Cc1csc2nc(-c3ccncc3)nc(NCc3cccc([N+](=O)[O-])c3)c12. The predicted octanol–water partition coefficient (Wildman–Crippen LogP) is 4.58. The molecule has 0 bridgehead atoms. The highest BCUT2D eigenvalue weighted by atomic mass is 32.1. The van der Waals surface area contributed by atoms with Crippen molar-refractivity contribution >= 4 is 33.1 Å². The van der Waals surface area contributed by atoms with Crippen molar-refractivity contribution < 1.29 is 4.92 Å². The van der Waals surface area contributed by atoms with Crippen molar-refractivity contribution in [2.24, 2.45) is 0 Å². The average Bonchev–Trinajstić information content (AvgIpc) is 3.08. The van der Waals surface area contributed by atoms with Crippen LogP contribution in [0.4, 0.5) is 11.5 Å². The fraction of sp³-hybridized carbons (Fsp3) is 0.105. The van der Waals surface area contributed by atoms with Crippen LogP contribution >= 0.6 is 11.3 Å². The minimum Gasteiger partial charge on any atom is -0.365 e. The van der Waals surface area contributed by atoms with E-state index >= 15 is 0 Å². The Bertz CT molecular complexity index is 1130. The van der Waals surface area contributed by atoms with Gasteiger partial charge in [0.05, 0.1) is 10.3 Å². The molecule has 0 fully saturated rings. The first-order valence-electron chi connectivity index (χ1n) is 8.25. The predicted molar refractivity (Wildman–Crippen MR) is 106 cm³/mol. The van der Waals surface area contributed by atoms with E-state index in [1.807, 2.05) is 30.5 Å². The second kappa shape index (κ2) is 7.08. The number of pyridine rings is 1. The first-order valence-corrected chi connectivity index (χ1v) is 9.13. The number of benzene rings is 1. The molecule has 0 atom stereocenters. The Morgan fingerprint density at radius 1 is 1.19 bits per heavy atom. The van der Waals surface area contributed by atoms with E-state index in [0.29, 0.717) is 12.4 Å². The van der Waals surface area contributed by atoms with Crippen molar-refractivity contribution in [2.75, 3.05) is 5.32 Å². The van der Waals surface area contributed by atoms with Crippen LogP contribution in [0.3, 0.4) is 0 Å². The molecule has 7 nitrogen and oxygen atoms in total. The highest BCUT2D eigenvalue weighted by Crippen LogP contribution is 2.32. The molecule has 0 radical (unpaired) electrons. The van der Waals surface area contributed by atoms with Crippen LogP contribution in [-0.2, 0) is 6.54 Å². The van der Waals surface area contributed by atoms with Crippen LogP contribution in [0, 0.1) is 17.0 Å². The minimum absolute atomic E-state index is 0.0753. The van der Waals surface area contributed by atoms with E-state index in [4.69, 9.17) is 4.98 Å². The molecule has 4 rings (SSSR count). The number of hydrogen-bond donors (Lipinski definition) is 1. The monoisotopic (exact) mass is 377 g/mol. The molecular formula is C19H15N5O2S. The highest BCUT2D eigenvalue weighted by molar-refractivity contribution is 7.17. The van der Waals surface area contributed by atoms with E-state index in [0.717, 1.165) is 32.7 Å². The third-order valence-corrected chi connectivity index (χ3v) is 5.13. The third kappa shape index (κ3) is 3.47. The van der Waals surface area contributed by atoms with Gasteiger partial charge in [-0.15, -0.1) is 11.3 Å². The van der Waals surface area contributed by atoms with Crippen LogP contribution in [0.2, 0.25) is 0 Å². The molecule has 0 aliphatic heterocycles. The van der Waals surface area contributed by atoms with Gasteiger partial charge in [0.2, 0.25) is 0 Å². The summed E-state index contributed by atoms with van der Waals surface area (Å²) < 4.78 is 0. The first-order chi connectivity index (χ1) is 13.1. The van der Waals surface area contributed by atoms with Crippen molar-refractivity contribution in [3.05, 3.63) is 75.4 Å². The lowest BCUT2D eigenvalue weighted by Crippen LogP contribution is -2.04. The fourth-order valence-electron chi connectivity index (χ4n) is 2.81. The molecule has 134 valence electrons. The molecule has 4 aromatic rings. The number of aromatic nitrogens is 3. The molecule has 0 spiro atoms. The van der Waals surface area contributed by atoms with Gasteiger partial charge in [-0.1, -0.05) is 12.1 Å². The van der Waals surface area contributed by atoms with E-state index in [1.165, 1.54) is 6.07 Å². The number of thiophene rings is 1. The molecule has 0 saturated carbocycles. The smallest absolute Gasteiger partial charge is 0.269 e. The Kier molecular flexibility index (Phi) is 4.47. The molecule has 8 heteroatoms. The summed E-state index contributed by atoms with van der Waals surface area (Å²) in [5, 5.41) is 17.3. The number of hydrogen-bond acceptors (Lipinski definition) is 7. The zero-order valence-corrected chi connectivity index (χ0v) is 15.2. The maximum absolute atomic E-state index is 11.0. The summed E-state index contributed by atoms with van der Waals surface area (Å²) in [6.45, 7) is 2.45. The minimum atomic E-state index is -0.392. The molecule has 3 heterocycles. The van der Waals surface area contributed by atoms with Crippen molar-refractivity contribution in [2.45, 2.75) is 13.5 Å². The Labute approximate surface area is 158 Å². The summed E-state index contributed by atoms with van der Waals surface area (Å²) in [4.78, 5) is 24.9. The molecule has 27 heavy (non-hydrogen) atoms. The molecule has 0 unspecified atom stereocenters. The second-order valence-electron chi connectivity index (χ2n) is 6.01. The van der Waals surface area contributed by atoms with Gasteiger partial charge in [-0.2, -0.15) is 0 Å². The van der Waals surface area contributed by atoms with Crippen molar-refractivity contribution in [1.29, 1.82) is 0 Å². The normalized spacial score (nSPS) is 10.9. The molecule has 1 aromatic carbocycles. The van der Waals surface area contributed by atoms with Gasteiger partial charge < -0.3 is 5.32 Å². The highest BCUT2D eigenvalue weighted by Gasteiger charge is 2.13. The van der Waals surface area contributed by atoms with Gasteiger partial charge in [0.15, 0.2) is 5.82 Å². The quantitative estimate of drug-likeness (QED) is 0.404. The second-order valence-corrected chi connectivity index (χ2v) is 6.87. The maximum atomic E-state index is 11.0. The number of nitrogens with zero attached hydrogens (tertiary/aromatic N) is 4. The van der Waals surface area contributed by atoms with Gasteiger partial charge in [0, 0.05) is 36.6 Å². The summed E-state index contributed by atoms with van der Waals surface area (Å²) in [5.74, 6) is 1.34. The Hall–Kier alpha value is -3.39. The topological polar surface area (TPSA) is 93.8 Å². The summed E-state index contributed by atoms with van der Waals surface area (Å²) in [6.07, 6.45) is 3.41. The maximum Gasteiger partial charge on any atom is 0.269 e. The standard InChI is InChI=1S/C19H15N5O2S/c1-12-11-27-19-16(12)18(22-17(23-19)14-5-7-20-8-6-14)21-10-13-3-2-4-15(9-13)24(25)26/h2-9,11H,10H2,1H3,(H,21,22,23). The number of nitrogens with one attached hydrogen (secondary N) is 1. The average molecular weight is 377 g/mol. The fourth-order valence-corrected chi connectivity index (χ4v) is 3.73. The van der Waals surface area contributed by atoms with Crippen LogP contribution in [0.1, 0.15) is 11.1 Å². The molecule has 0 amide bonds. The lowest BCUT2D eigenvalue weighted by molar-refractivity contribution is -0.384. The third-order valence-electron chi connectivity index (χ3n) is 4.14. The lowest BCUT2D eigenvalue weighted by atomic mass is 10.2. The van der Waals surface area contributed by atoms with Crippen LogP contribution in [0.15, 0.2) is 54.2 Å². The van der Waals surface area contributed by atoms with Gasteiger partial charge in [-0.3, -0.25) is 15.1 Å². The number of rotatable bonds is 5. The molecule has 1 N–H and O–H groups in total. The molecule has 3 aromatic heterocycles. The lowest BCUT2D eigenvalue weighted by Gasteiger charge is -2.10.